The molecular formula is C15H21NO2S. The van der Waals surface area contributed by atoms with Gasteiger partial charge in [-0.3, -0.25) is 4.79 Å². The topological polar surface area (TPSA) is 40.5 Å². The van der Waals surface area contributed by atoms with E-state index >= 15 is 0 Å². The predicted molar refractivity (Wildman–Crippen MR) is 79.4 cm³/mol. The molecular weight excluding hydrogens is 258 g/mol. The normalized spacial score (nSPS) is 18.8. The van der Waals surface area contributed by atoms with Gasteiger partial charge in [-0.25, -0.2) is 0 Å². The van der Waals surface area contributed by atoms with E-state index in [1.54, 1.807) is 0 Å². The fraction of sp³-hybridized carbons (Fsp3) is 0.533. The van der Waals surface area contributed by atoms with Crippen molar-refractivity contribution in [3.8, 4) is 0 Å². The number of carbonyl (C=O) groups excluding carboxylic acids is 1. The van der Waals surface area contributed by atoms with Crippen LogP contribution in [0.5, 0.6) is 0 Å². The van der Waals surface area contributed by atoms with Gasteiger partial charge in [-0.2, -0.15) is 11.8 Å². The highest BCUT2D eigenvalue weighted by molar-refractivity contribution is 7.98. The van der Waals surface area contributed by atoms with Gasteiger partial charge in [-0.1, -0.05) is 19.1 Å². The molecule has 1 aliphatic rings. The van der Waals surface area contributed by atoms with Gasteiger partial charge in [0, 0.05) is 36.9 Å². The molecule has 1 aliphatic heterocycles. The molecule has 3 nitrogen and oxygen atoms in total. The molecule has 1 N–H and O–H groups in total. The second-order valence-electron chi connectivity index (χ2n) is 4.92. The number of hydrogen-bond donors (Lipinski definition) is 1. The Balaban J connectivity index is 1.96. The first-order valence-corrected chi connectivity index (χ1v) is 7.97. The molecule has 1 unspecified atom stereocenters. The second-order valence-corrected chi connectivity index (χ2v) is 6.20. The van der Waals surface area contributed by atoms with Gasteiger partial charge in [0.15, 0.2) is 0 Å². The van der Waals surface area contributed by atoms with Crippen molar-refractivity contribution in [1.29, 1.82) is 0 Å². The number of nitrogens with zero attached hydrogens (tertiary/aromatic N) is 1. The van der Waals surface area contributed by atoms with Crippen LogP contribution in [0.1, 0.15) is 29.3 Å². The minimum absolute atomic E-state index is 0.0886. The molecule has 1 heterocycles. The lowest BCUT2D eigenvalue weighted by atomic mass is 10.1. The molecule has 0 spiro atoms. The molecule has 2 rings (SSSR count). The number of carbonyl (C=O) groups is 1. The van der Waals surface area contributed by atoms with E-state index in [0.717, 1.165) is 30.0 Å². The maximum Gasteiger partial charge on any atom is 0.253 e. The fourth-order valence-electron chi connectivity index (χ4n) is 2.31. The van der Waals surface area contributed by atoms with Crippen LogP contribution in [0, 0.1) is 5.92 Å². The maximum absolute atomic E-state index is 12.3. The summed E-state index contributed by atoms with van der Waals surface area (Å²) >= 11 is 1.88. The van der Waals surface area contributed by atoms with Crippen LogP contribution in [-0.4, -0.2) is 41.4 Å². The Morgan fingerprint density at radius 1 is 1.42 bits per heavy atom. The SMILES string of the molecule is CCSCc1ccc(C(=O)N2CCC(CO)C2)cc1. The molecule has 1 saturated heterocycles. The van der Waals surface area contributed by atoms with Crippen LogP contribution in [-0.2, 0) is 5.75 Å². The Morgan fingerprint density at radius 2 is 2.16 bits per heavy atom. The number of thioether (sulfide) groups is 1. The summed E-state index contributed by atoms with van der Waals surface area (Å²) in [6.45, 7) is 3.77. The first-order valence-electron chi connectivity index (χ1n) is 6.81. The average Bonchev–Trinajstić information content (AvgIpc) is 2.94. The van der Waals surface area contributed by atoms with Crippen LogP contribution >= 0.6 is 11.8 Å². The summed E-state index contributed by atoms with van der Waals surface area (Å²) in [4.78, 5) is 14.1. The first kappa shape index (κ1) is 14.4. The van der Waals surface area contributed by atoms with Crippen molar-refractivity contribution in [2.75, 3.05) is 25.4 Å². The number of amides is 1. The Bertz CT molecular complexity index is 419. The number of rotatable bonds is 5. The average molecular weight is 279 g/mol. The van der Waals surface area contributed by atoms with Crippen molar-refractivity contribution in [2.45, 2.75) is 19.1 Å². The standard InChI is InChI=1S/C15H21NO2S/c1-2-19-11-12-3-5-14(6-4-12)15(18)16-8-7-13(9-16)10-17/h3-6,13,17H,2,7-11H2,1H3. The molecule has 19 heavy (non-hydrogen) atoms. The van der Waals surface area contributed by atoms with E-state index in [-0.39, 0.29) is 18.4 Å². The maximum atomic E-state index is 12.3. The van der Waals surface area contributed by atoms with Gasteiger partial charge >= 0.3 is 0 Å². The highest BCUT2D eigenvalue weighted by atomic mass is 32.2. The fourth-order valence-corrected chi connectivity index (χ4v) is 2.94. The summed E-state index contributed by atoms with van der Waals surface area (Å²) in [7, 11) is 0. The number of aliphatic hydroxyl groups is 1. The van der Waals surface area contributed by atoms with Crippen molar-refractivity contribution in [1.82, 2.24) is 4.90 Å². The Morgan fingerprint density at radius 3 is 2.74 bits per heavy atom. The van der Waals surface area contributed by atoms with Gasteiger partial charge in [-0.15, -0.1) is 0 Å². The molecule has 1 amide bonds. The van der Waals surface area contributed by atoms with Gasteiger partial charge < -0.3 is 10.0 Å². The van der Waals surface area contributed by atoms with Gasteiger partial charge in [0.05, 0.1) is 0 Å². The molecule has 1 aromatic carbocycles. The van der Waals surface area contributed by atoms with Crippen LogP contribution in [0.25, 0.3) is 0 Å². The Labute approximate surface area is 119 Å². The molecule has 1 aromatic rings. The van der Waals surface area contributed by atoms with E-state index in [0.29, 0.717) is 6.54 Å². The summed E-state index contributed by atoms with van der Waals surface area (Å²) < 4.78 is 0. The van der Waals surface area contributed by atoms with Crippen molar-refractivity contribution in [2.24, 2.45) is 5.92 Å². The Hall–Kier alpha value is -1.00. The molecule has 0 radical (unpaired) electrons. The summed E-state index contributed by atoms with van der Waals surface area (Å²) in [6, 6.07) is 7.91. The van der Waals surface area contributed by atoms with E-state index in [4.69, 9.17) is 5.11 Å². The van der Waals surface area contributed by atoms with Gasteiger partial charge in [0.1, 0.15) is 0 Å². The van der Waals surface area contributed by atoms with Crippen LogP contribution in [0.15, 0.2) is 24.3 Å². The third kappa shape index (κ3) is 3.74. The number of aliphatic hydroxyl groups excluding tert-OH is 1. The largest absolute Gasteiger partial charge is 0.396 e. The lowest BCUT2D eigenvalue weighted by Crippen LogP contribution is -2.29. The van der Waals surface area contributed by atoms with E-state index in [1.807, 2.05) is 40.9 Å². The molecule has 4 heteroatoms. The predicted octanol–water partition coefficient (Wildman–Crippen LogP) is 2.39. The van der Waals surface area contributed by atoms with Crippen LogP contribution in [0.3, 0.4) is 0 Å². The zero-order valence-electron chi connectivity index (χ0n) is 11.3. The van der Waals surface area contributed by atoms with Crippen molar-refractivity contribution in [3.05, 3.63) is 35.4 Å². The zero-order chi connectivity index (χ0) is 13.7. The smallest absolute Gasteiger partial charge is 0.253 e. The summed E-state index contributed by atoms with van der Waals surface area (Å²) in [5.74, 6) is 2.45. The van der Waals surface area contributed by atoms with E-state index < -0.39 is 0 Å². The summed E-state index contributed by atoms with van der Waals surface area (Å²) in [5.41, 5.74) is 2.02. The van der Waals surface area contributed by atoms with Crippen molar-refractivity contribution < 1.29 is 9.90 Å². The third-order valence-electron chi connectivity index (χ3n) is 3.51. The number of hydrogen-bond acceptors (Lipinski definition) is 3. The van der Waals surface area contributed by atoms with Crippen LogP contribution < -0.4 is 0 Å². The molecule has 0 bridgehead atoms. The van der Waals surface area contributed by atoms with Crippen molar-refractivity contribution in [3.63, 3.8) is 0 Å². The summed E-state index contributed by atoms with van der Waals surface area (Å²) in [6.07, 6.45) is 0.910. The van der Waals surface area contributed by atoms with Crippen LogP contribution in [0.2, 0.25) is 0 Å². The van der Waals surface area contributed by atoms with Gasteiger partial charge in [0.2, 0.25) is 0 Å². The highest BCUT2D eigenvalue weighted by Gasteiger charge is 2.26. The molecule has 0 saturated carbocycles. The number of benzene rings is 1. The van der Waals surface area contributed by atoms with Gasteiger partial charge in [-0.05, 0) is 29.9 Å². The summed E-state index contributed by atoms with van der Waals surface area (Å²) in [5, 5.41) is 9.11. The van der Waals surface area contributed by atoms with Gasteiger partial charge in [0.25, 0.3) is 5.91 Å². The molecule has 0 aromatic heterocycles. The number of likely N-dealkylation sites (tertiary alicyclic amines) is 1. The lowest BCUT2D eigenvalue weighted by Gasteiger charge is -2.16. The molecule has 1 fully saturated rings. The second kappa shape index (κ2) is 6.96. The van der Waals surface area contributed by atoms with Crippen LogP contribution in [0.4, 0.5) is 0 Å². The first-order chi connectivity index (χ1) is 9.24. The minimum atomic E-state index is 0.0886. The quantitative estimate of drug-likeness (QED) is 0.899. The van der Waals surface area contributed by atoms with E-state index in [1.165, 1.54) is 5.56 Å². The molecule has 0 aliphatic carbocycles. The minimum Gasteiger partial charge on any atom is -0.396 e. The lowest BCUT2D eigenvalue weighted by molar-refractivity contribution is 0.0782. The zero-order valence-corrected chi connectivity index (χ0v) is 12.2. The van der Waals surface area contributed by atoms with Crippen molar-refractivity contribution >= 4 is 17.7 Å². The third-order valence-corrected chi connectivity index (χ3v) is 4.45. The Kier molecular flexibility index (Phi) is 5.28. The molecule has 1 atom stereocenters. The highest BCUT2D eigenvalue weighted by Crippen LogP contribution is 2.19. The molecule has 104 valence electrons. The van der Waals surface area contributed by atoms with E-state index in [9.17, 15) is 4.79 Å². The van der Waals surface area contributed by atoms with E-state index in [2.05, 4.69) is 6.92 Å². The monoisotopic (exact) mass is 279 g/mol.